The van der Waals surface area contributed by atoms with Gasteiger partial charge >= 0.3 is 0 Å². The number of fused-ring (bicyclic) bond motifs is 1. The topological polar surface area (TPSA) is 17.1 Å². The lowest BCUT2D eigenvalue weighted by atomic mass is 9.61. The van der Waals surface area contributed by atoms with Crippen LogP contribution in [0.5, 0.6) is 0 Å². The second-order valence-corrected chi connectivity index (χ2v) is 9.50. The molecule has 3 rings (SSSR count). The van der Waals surface area contributed by atoms with Crippen LogP contribution in [-0.4, -0.2) is 6.29 Å². The van der Waals surface area contributed by atoms with E-state index in [-0.39, 0.29) is 5.92 Å². The zero-order valence-electron chi connectivity index (χ0n) is 16.7. The van der Waals surface area contributed by atoms with Crippen molar-refractivity contribution >= 4 is 6.29 Å². The molecule has 0 aromatic carbocycles. The van der Waals surface area contributed by atoms with E-state index in [1.165, 1.54) is 62.4 Å². The summed E-state index contributed by atoms with van der Waals surface area (Å²) >= 11 is 0. The van der Waals surface area contributed by atoms with Gasteiger partial charge in [-0.3, -0.25) is 0 Å². The highest BCUT2D eigenvalue weighted by atomic mass is 16.1. The Morgan fingerprint density at radius 3 is 2.72 bits per heavy atom. The molecule has 1 heteroatoms. The summed E-state index contributed by atoms with van der Waals surface area (Å²) in [5, 5.41) is 0. The van der Waals surface area contributed by atoms with Gasteiger partial charge < -0.3 is 4.79 Å². The number of hydrogen-bond acceptors (Lipinski definition) is 1. The van der Waals surface area contributed by atoms with Crippen molar-refractivity contribution in [3.8, 4) is 0 Å². The van der Waals surface area contributed by atoms with E-state index in [2.05, 4.69) is 46.4 Å². The van der Waals surface area contributed by atoms with E-state index in [1.807, 2.05) is 0 Å². The third-order valence-electron chi connectivity index (χ3n) is 7.72. The molecule has 0 bridgehead atoms. The third-order valence-corrected chi connectivity index (χ3v) is 7.72. The number of aldehydes is 1. The second kappa shape index (κ2) is 7.25. The molecule has 3 saturated carbocycles. The van der Waals surface area contributed by atoms with E-state index in [4.69, 9.17) is 0 Å². The second-order valence-electron chi connectivity index (χ2n) is 9.50. The van der Waals surface area contributed by atoms with Crippen molar-refractivity contribution in [2.24, 2.45) is 35.0 Å². The molecule has 138 valence electrons. The van der Waals surface area contributed by atoms with Gasteiger partial charge in [0.1, 0.15) is 6.29 Å². The number of carbonyl (C=O) groups is 1. The van der Waals surface area contributed by atoms with E-state index in [0.717, 1.165) is 5.92 Å². The quantitative estimate of drug-likeness (QED) is 0.535. The fourth-order valence-corrected chi connectivity index (χ4v) is 6.27. The Morgan fingerprint density at radius 2 is 2.00 bits per heavy atom. The van der Waals surface area contributed by atoms with Crippen molar-refractivity contribution in [1.82, 2.24) is 0 Å². The molecule has 3 aliphatic carbocycles. The first kappa shape index (κ1) is 18.7. The molecule has 25 heavy (non-hydrogen) atoms. The van der Waals surface area contributed by atoms with Crippen LogP contribution < -0.4 is 0 Å². The Morgan fingerprint density at radius 1 is 1.24 bits per heavy atom. The maximum absolute atomic E-state index is 11.4. The zero-order valence-corrected chi connectivity index (χ0v) is 16.7. The zero-order chi connectivity index (χ0) is 18.2. The highest BCUT2D eigenvalue weighted by molar-refractivity contribution is 5.54. The Labute approximate surface area is 154 Å². The molecule has 0 saturated heterocycles. The molecule has 0 spiro atoms. The summed E-state index contributed by atoms with van der Waals surface area (Å²) < 4.78 is 0. The Bertz CT molecular complexity index is 595. The van der Waals surface area contributed by atoms with E-state index < -0.39 is 0 Å². The minimum absolute atomic E-state index is 0.201. The van der Waals surface area contributed by atoms with Crippen LogP contribution in [0.15, 0.2) is 35.5 Å². The minimum atomic E-state index is 0.201. The molecule has 2 unspecified atom stereocenters. The number of rotatable bonds is 3. The van der Waals surface area contributed by atoms with Gasteiger partial charge in [-0.15, -0.1) is 0 Å². The summed E-state index contributed by atoms with van der Waals surface area (Å²) in [5.41, 5.74) is 4.79. The lowest BCUT2D eigenvalue weighted by Crippen LogP contribution is -2.36. The normalized spacial score (nSPS) is 43.3. The summed E-state index contributed by atoms with van der Waals surface area (Å²) in [6.07, 6.45) is 14.8. The van der Waals surface area contributed by atoms with Gasteiger partial charge in [0.15, 0.2) is 0 Å². The van der Waals surface area contributed by atoms with Crippen molar-refractivity contribution in [3.05, 3.63) is 35.5 Å². The maximum Gasteiger partial charge on any atom is 0.123 e. The average Bonchev–Trinajstić information content (AvgIpc) is 2.93. The monoisotopic (exact) mass is 340 g/mol. The van der Waals surface area contributed by atoms with Crippen LogP contribution in [0.4, 0.5) is 0 Å². The van der Waals surface area contributed by atoms with E-state index in [0.29, 0.717) is 23.2 Å². The first-order chi connectivity index (χ1) is 11.9. The molecular weight excluding hydrogens is 304 g/mol. The summed E-state index contributed by atoms with van der Waals surface area (Å²) in [6.45, 7) is 13.6. The van der Waals surface area contributed by atoms with Gasteiger partial charge in [0.25, 0.3) is 0 Å². The fraction of sp³-hybridized carbons (Fsp3) is 0.708. The van der Waals surface area contributed by atoms with Crippen LogP contribution in [0.25, 0.3) is 0 Å². The summed E-state index contributed by atoms with van der Waals surface area (Å²) in [7, 11) is 0. The van der Waals surface area contributed by atoms with Gasteiger partial charge in [-0.05, 0) is 85.2 Å². The molecule has 0 N–H and O–H groups in total. The lowest BCUT2D eigenvalue weighted by Gasteiger charge is -2.43. The van der Waals surface area contributed by atoms with E-state index in [1.54, 1.807) is 5.57 Å². The largest absolute Gasteiger partial charge is 0.303 e. The Kier molecular flexibility index (Phi) is 5.42. The maximum atomic E-state index is 11.4. The van der Waals surface area contributed by atoms with Crippen molar-refractivity contribution in [3.63, 3.8) is 0 Å². The van der Waals surface area contributed by atoms with Crippen molar-refractivity contribution < 1.29 is 4.79 Å². The first-order valence-corrected chi connectivity index (χ1v) is 10.4. The molecule has 0 aliphatic heterocycles. The van der Waals surface area contributed by atoms with Crippen LogP contribution in [0.1, 0.15) is 72.6 Å². The highest BCUT2D eigenvalue weighted by Crippen LogP contribution is 2.59. The van der Waals surface area contributed by atoms with Gasteiger partial charge in [0, 0.05) is 5.92 Å². The summed E-state index contributed by atoms with van der Waals surface area (Å²) in [5.74, 6) is 2.83. The molecule has 3 aliphatic rings. The van der Waals surface area contributed by atoms with Gasteiger partial charge in [-0.1, -0.05) is 52.0 Å². The van der Waals surface area contributed by atoms with Crippen molar-refractivity contribution in [2.45, 2.75) is 72.6 Å². The lowest BCUT2D eigenvalue weighted by molar-refractivity contribution is -0.113. The standard InChI is InChI=1S/C24H36O/c1-16-13-17(2)19(4)21(14-16)9-8-20-7-6-12-24(5)22(18(3)15-25)10-11-23(20)24/h8-9,15-18,22-23H,4,6-7,10-14H2,1-3,5H3/b20-8+,21-9+/t16-,17-,18+,22?,23?,24+/m0/s1. The van der Waals surface area contributed by atoms with Crippen molar-refractivity contribution in [1.29, 1.82) is 0 Å². The third kappa shape index (κ3) is 3.44. The first-order valence-electron chi connectivity index (χ1n) is 10.4. The molecule has 6 atom stereocenters. The number of hydrogen-bond donors (Lipinski definition) is 0. The fourth-order valence-electron chi connectivity index (χ4n) is 6.27. The predicted molar refractivity (Wildman–Crippen MR) is 106 cm³/mol. The Hall–Kier alpha value is -1.11. The predicted octanol–water partition coefficient (Wildman–Crippen LogP) is 6.51. The highest BCUT2D eigenvalue weighted by Gasteiger charge is 2.50. The van der Waals surface area contributed by atoms with Gasteiger partial charge in [-0.25, -0.2) is 0 Å². The molecule has 0 amide bonds. The van der Waals surface area contributed by atoms with Gasteiger partial charge in [0.2, 0.25) is 0 Å². The number of allylic oxidation sites excluding steroid dienone is 5. The van der Waals surface area contributed by atoms with Gasteiger partial charge in [-0.2, -0.15) is 0 Å². The summed E-state index contributed by atoms with van der Waals surface area (Å²) in [4.78, 5) is 11.4. The average molecular weight is 341 g/mol. The SMILES string of the molecule is C=C1/C(=C/C=C2\CCC[C@@]3(C)C2CCC3[C@H](C)C=O)C[C@@H](C)C[C@@H]1C. The molecule has 1 nitrogen and oxygen atoms in total. The van der Waals surface area contributed by atoms with Crippen LogP contribution in [0, 0.1) is 35.0 Å². The smallest absolute Gasteiger partial charge is 0.123 e. The number of carbonyl (C=O) groups excluding carboxylic acids is 1. The molecule has 0 radical (unpaired) electrons. The van der Waals surface area contributed by atoms with E-state index in [9.17, 15) is 4.79 Å². The Balaban J connectivity index is 1.83. The van der Waals surface area contributed by atoms with Crippen LogP contribution >= 0.6 is 0 Å². The van der Waals surface area contributed by atoms with Crippen molar-refractivity contribution in [2.75, 3.05) is 0 Å². The molecule has 3 fully saturated rings. The molecule has 0 aromatic rings. The van der Waals surface area contributed by atoms with Crippen LogP contribution in [-0.2, 0) is 4.79 Å². The molecular formula is C24H36O. The minimum Gasteiger partial charge on any atom is -0.303 e. The summed E-state index contributed by atoms with van der Waals surface area (Å²) in [6, 6.07) is 0. The molecule has 0 aromatic heterocycles. The van der Waals surface area contributed by atoms with Gasteiger partial charge in [0.05, 0.1) is 0 Å². The van der Waals surface area contributed by atoms with Crippen LogP contribution in [0.2, 0.25) is 0 Å². The van der Waals surface area contributed by atoms with Crippen LogP contribution in [0.3, 0.4) is 0 Å². The van der Waals surface area contributed by atoms with E-state index >= 15 is 0 Å². The molecule has 0 heterocycles.